The van der Waals surface area contributed by atoms with Gasteiger partial charge in [0, 0.05) is 50.6 Å². The summed E-state index contributed by atoms with van der Waals surface area (Å²) in [4.78, 5) is 8.23. The van der Waals surface area contributed by atoms with Crippen LogP contribution in [0.3, 0.4) is 0 Å². The Labute approximate surface area is 283 Å². The molecule has 0 radical (unpaired) electrons. The van der Waals surface area contributed by atoms with Crippen molar-refractivity contribution in [3.05, 3.63) is 90.0 Å². The van der Waals surface area contributed by atoms with Gasteiger partial charge in [-0.3, -0.25) is 0 Å². The van der Waals surface area contributed by atoms with Gasteiger partial charge in [0.2, 0.25) is 0 Å². The molecule has 0 aromatic heterocycles. The zero-order chi connectivity index (χ0) is 32.5. The third-order valence-electron chi connectivity index (χ3n) is 13.5. The fourth-order valence-corrected chi connectivity index (χ4v) is 11.4. The van der Waals surface area contributed by atoms with Crippen LogP contribution in [-0.4, -0.2) is 23.3 Å². The van der Waals surface area contributed by atoms with Crippen molar-refractivity contribution >= 4 is 57.2 Å². The number of para-hydroxylation sites is 2. The molecule has 2 fully saturated rings. The molecule has 9 rings (SSSR count). The largest absolute Gasteiger partial charge is 0.361 e. The third kappa shape index (κ3) is 3.71. The van der Waals surface area contributed by atoms with E-state index in [0.29, 0.717) is 0 Å². The Hall–Kier alpha value is -3.66. The number of hydrogen-bond donors (Lipinski definition) is 0. The summed E-state index contributed by atoms with van der Waals surface area (Å²) in [7, 11) is 0. The van der Waals surface area contributed by atoms with Crippen LogP contribution in [0.5, 0.6) is 0 Å². The Bertz CT molecular complexity index is 1910. The first-order valence-corrected chi connectivity index (χ1v) is 18.4. The van der Waals surface area contributed by atoms with Gasteiger partial charge in [-0.15, -0.1) is 0 Å². The predicted molar refractivity (Wildman–Crippen MR) is 202 cm³/mol. The summed E-state index contributed by atoms with van der Waals surface area (Å²) >= 11 is 0. The van der Waals surface area contributed by atoms with Crippen LogP contribution in [0.4, 0.5) is 34.1 Å². The summed E-state index contributed by atoms with van der Waals surface area (Å²) in [6.07, 6.45) is 9.87. The first kappa shape index (κ1) is 29.5. The van der Waals surface area contributed by atoms with Crippen molar-refractivity contribution in [2.24, 2.45) is 0 Å². The molecule has 0 amide bonds. The first-order valence-electron chi connectivity index (χ1n) is 18.4. The van der Waals surface area contributed by atoms with Crippen molar-refractivity contribution in [1.82, 2.24) is 0 Å². The Kier molecular flexibility index (Phi) is 6.09. The van der Waals surface area contributed by atoms with E-state index in [-0.39, 0.29) is 28.7 Å². The van der Waals surface area contributed by atoms with Gasteiger partial charge in [-0.25, -0.2) is 0 Å². The van der Waals surface area contributed by atoms with Crippen molar-refractivity contribution in [3.8, 4) is 0 Å². The van der Waals surface area contributed by atoms with E-state index >= 15 is 0 Å². The lowest BCUT2D eigenvalue weighted by atomic mass is 9.33. The minimum atomic E-state index is 0.0564. The molecule has 4 heterocycles. The number of rotatable bonds is 3. The van der Waals surface area contributed by atoms with E-state index in [1.807, 2.05) is 0 Å². The lowest BCUT2D eigenvalue weighted by molar-refractivity contribution is 0.194. The molecule has 4 aromatic carbocycles. The van der Waals surface area contributed by atoms with E-state index in [4.69, 9.17) is 0 Å². The van der Waals surface area contributed by atoms with Crippen LogP contribution in [-0.2, 0) is 11.8 Å². The van der Waals surface area contributed by atoms with Crippen LogP contribution in [0, 0.1) is 0 Å². The van der Waals surface area contributed by atoms with E-state index in [1.54, 1.807) is 5.56 Å². The molecule has 4 aromatic rings. The van der Waals surface area contributed by atoms with Crippen molar-refractivity contribution in [3.63, 3.8) is 0 Å². The molecule has 2 unspecified atom stereocenters. The molecule has 1 saturated heterocycles. The molecule has 5 aliphatic rings. The second kappa shape index (κ2) is 9.71. The number of piperidine rings is 1. The van der Waals surface area contributed by atoms with Gasteiger partial charge < -0.3 is 14.7 Å². The summed E-state index contributed by atoms with van der Waals surface area (Å²) in [6.45, 7) is 17.6. The van der Waals surface area contributed by atoms with E-state index in [0.717, 1.165) is 6.42 Å². The van der Waals surface area contributed by atoms with Gasteiger partial charge in [0.05, 0.1) is 5.54 Å². The first-order chi connectivity index (χ1) is 22.5. The Balaban J connectivity index is 1.38. The van der Waals surface area contributed by atoms with E-state index in [1.165, 1.54) is 101 Å². The van der Waals surface area contributed by atoms with Crippen LogP contribution in [0.2, 0.25) is 0 Å². The minimum Gasteiger partial charge on any atom is -0.361 e. The number of benzene rings is 4. The zero-order valence-electron chi connectivity index (χ0n) is 29.6. The second-order valence-corrected chi connectivity index (χ2v) is 16.9. The number of aryl methyl sites for hydroxylation is 1. The fourth-order valence-electron chi connectivity index (χ4n) is 11.4. The topological polar surface area (TPSA) is 9.72 Å². The SMILES string of the molecule is CCc1cc2c3c4c1C1(C)CCCCC1(C)N4c1ccccc1B3c1ccc(N3C(C)(C)CCCC3(C)C)cc1N2c1ccccc1. The van der Waals surface area contributed by atoms with Crippen molar-refractivity contribution in [2.45, 2.75) is 122 Å². The maximum Gasteiger partial charge on any atom is 0.252 e. The van der Waals surface area contributed by atoms with Gasteiger partial charge in [-0.1, -0.05) is 69.2 Å². The van der Waals surface area contributed by atoms with Gasteiger partial charge >= 0.3 is 0 Å². The molecule has 0 spiro atoms. The number of anilines is 6. The van der Waals surface area contributed by atoms with Crippen LogP contribution in [0.15, 0.2) is 78.9 Å². The molecule has 240 valence electrons. The summed E-state index contributed by atoms with van der Waals surface area (Å²) in [5.41, 5.74) is 16.2. The summed E-state index contributed by atoms with van der Waals surface area (Å²) in [6, 6.07) is 30.8. The highest BCUT2D eigenvalue weighted by Gasteiger charge is 2.62. The molecule has 47 heavy (non-hydrogen) atoms. The quantitative estimate of drug-likeness (QED) is 0.187. The Morgan fingerprint density at radius 1 is 0.638 bits per heavy atom. The second-order valence-electron chi connectivity index (χ2n) is 16.9. The normalized spacial score (nSPS) is 26.0. The molecule has 2 atom stereocenters. The molecular weight excluding hydrogens is 569 g/mol. The van der Waals surface area contributed by atoms with Crippen molar-refractivity contribution in [1.29, 1.82) is 0 Å². The van der Waals surface area contributed by atoms with Gasteiger partial charge in [0.1, 0.15) is 0 Å². The van der Waals surface area contributed by atoms with Gasteiger partial charge in [0.15, 0.2) is 0 Å². The maximum atomic E-state index is 2.85. The molecule has 4 heteroatoms. The van der Waals surface area contributed by atoms with Crippen molar-refractivity contribution in [2.75, 3.05) is 14.7 Å². The molecule has 1 saturated carbocycles. The number of hydrogen-bond acceptors (Lipinski definition) is 3. The average Bonchev–Trinajstić information content (AvgIpc) is 3.27. The molecule has 1 aliphatic carbocycles. The lowest BCUT2D eigenvalue weighted by Gasteiger charge is -2.55. The highest BCUT2D eigenvalue weighted by Crippen LogP contribution is 2.63. The highest BCUT2D eigenvalue weighted by molar-refractivity contribution is 7.00. The molecule has 3 nitrogen and oxygen atoms in total. The number of nitrogens with zero attached hydrogens (tertiary/aromatic N) is 3. The predicted octanol–water partition coefficient (Wildman–Crippen LogP) is 9.15. The van der Waals surface area contributed by atoms with Crippen LogP contribution in [0.1, 0.15) is 105 Å². The van der Waals surface area contributed by atoms with E-state index < -0.39 is 0 Å². The van der Waals surface area contributed by atoms with Gasteiger partial charge in [0.25, 0.3) is 6.71 Å². The zero-order valence-corrected chi connectivity index (χ0v) is 29.6. The van der Waals surface area contributed by atoms with Crippen LogP contribution < -0.4 is 31.1 Å². The highest BCUT2D eigenvalue weighted by atomic mass is 15.3. The summed E-state index contributed by atoms with van der Waals surface area (Å²) in [5.74, 6) is 0. The summed E-state index contributed by atoms with van der Waals surface area (Å²) < 4.78 is 0. The van der Waals surface area contributed by atoms with Crippen LogP contribution in [0.25, 0.3) is 0 Å². The smallest absolute Gasteiger partial charge is 0.252 e. The lowest BCUT2D eigenvalue weighted by Crippen LogP contribution is -2.64. The molecule has 0 bridgehead atoms. The van der Waals surface area contributed by atoms with E-state index in [9.17, 15) is 0 Å². The van der Waals surface area contributed by atoms with Crippen LogP contribution >= 0.6 is 0 Å². The molecule has 0 N–H and O–H groups in total. The Morgan fingerprint density at radius 3 is 2.06 bits per heavy atom. The van der Waals surface area contributed by atoms with Gasteiger partial charge in [-0.05, 0) is 137 Å². The summed E-state index contributed by atoms with van der Waals surface area (Å²) in [5, 5.41) is 0. The molecule has 4 aliphatic heterocycles. The minimum absolute atomic E-state index is 0.0564. The maximum absolute atomic E-state index is 2.85. The average molecular weight is 620 g/mol. The van der Waals surface area contributed by atoms with E-state index in [2.05, 4.69) is 142 Å². The van der Waals surface area contributed by atoms with Gasteiger partial charge in [-0.2, -0.15) is 0 Å². The Morgan fingerprint density at radius 2 is 1.32 bits per heavy atom. The standard InChI is InChI=1S/C43H50BN3/c1-8-29-27-36-38-39-37(29)42(6)25-14-15-26-43(42,7)46(39)34-20-13-12-19-32(34)44(38)33-22-21-31(47-40(2,3)23-16-24-41(47,4)5)28-35(33)45(36)30-17-10-9-11-18-30/h9-13,17-22,27-28H,8,14-16,23-26H2,1-7H3. The van der Waals surface area contributed by atoms with Crippen molar-refractivity contribution < 1.29 is 0 Å². The fraction of sp³-hybridized carbons (Fsp3) is 0.442. The third-order valence-corrected chi connectivity index (χ3v) is 13.5. The number of fused-ring (bicyclic) bond motifs is 8. The molecular formula is C43H50BN3. The monoisotopic (exact) mass is 619 g/mol.